The van der Waals surface area contributed by atoms with E-state index in [1.165, 1.54) is 0 Å². The van der Waals surface area contributed by atoms with Crippen molar-refractivity contribution in [1.82, 2.24) is 26.2 Å². The van der Waals surface area contributed by atoms with Crippen molar-refractivity contribution < 1.29 is 38.1 Å². The Hall–Kier alpha value is -5.20. The second-order valence-electron chi connectivity index (χ2n) is 19.6. The molecule has 0 aromatic heterocycles. The molecule has 1 aliphatic heterocycles. The average molecular weight is 914 g/mol. The molecule has 3 aromatic rings. The Labute approximate surface area is 388 Å². The third kappa shape index (κ3) is 11.1. The summed E-state index contributed by atoms with van der Waals surface area (Å²) in [5.41, 5.74) is 1.61. The molecule has 14 nitrogen and oxygen atoms in total. The predicted octanol–water partition coefficient (Wildman–Crippen LogP) is 6.15. The van der Waals surface area contributed by atoms with Crippen LogP contribution in [0.15, 0.2) is 66.7 Å². The van der Waals surface area contributed by atoms with Gasteiger partial charge in [0.2, 0.25) is 17.7 Å². The Bertz CT molecular complexity index is 2220. The number of nitriles is 1. The van der Waals surface area contributed by atoms with Crippen LogP contribution in [0.5, 0.6) is 11.5 Å². The second-order valence-corrected chi connectivity index (χ2v) is 20.0. The van der Waals surface area contributed by atoms with Crippen molar-refractivity contribution in [2.45, 2.75) is 117 Å². The lowest BCUT2D eigenvalue weighted by atomic mass is 9.49. The van der Waals surface area contributed by atoms with Crippen LogP contribution in [0.1, 0.15) is 101 Å². The quantitative estimate of drug-likeness (QED) is 0.108. The SMILES string of the molecule is CN[C@@H](C)C(=O)NC(C(=O)N1CCCC1C(=O)N[C@H]1c2ccccc2C[C@H]1OCCOCCOc1ccc(C(=O)NC2C(C)(C)C(Oc3ccc(C#N)c(Cl)c3)C2(C)C)cc1)C(C)(C)C. The molecule has 4 N–H and O–H groups in total. The van der Waals surface area contributed by atoms with Crippen molar-refractivity contribution in [2.24, 2.45) is 16.2 Å². The number of amides is 4. The van der Waals surface area contributed by atoms with Crippen LogP contribution in [0.2, 0.25) is 5.02 Å². The standard InChI is InChI=1S/C50H65ClN6O8/c1-30(53-9)42(58)55-41(48(2,3)4)45(61)57-22-12-15-38(57)44(60)54-40-36-14-11-10-13-32(36)27-39(40)64-26-24-62-23-25-63-34-19-16-31(17-20-34)43(59)56-46-49(5,6)47(50(46,7)8)65-35-21-18-33(29-52)37(51)28-35/h10-11,13-14,16-21,28,30,38-41,46-47,53H,12,15,22-27H2,1-9H3,(H,54,60)(H,55,58)(H,56,59)/t30-,38?,39+,40-,41?,46?,47?/m0/s1. The van der Waals surface area contributed by atoms with E-state index in [0.717, 1.165) is 11.1 Å². The van der Waals surface area contributed by atoms with Gasteiger partial charge >= 0.3 is 0 Å². The van der Waals surface area contributed by atoms with Crippen molar-refractivity contribution in [3.05, 3.63) is 94.0 Å². The van der Waals surface area contributed by atoms with Crippen LogP contribution in [0.4, 0.5) is 0 Å². The minimum absolute atomic E-state index is 0.172. The summed E-state index contributed by atoms with van der Waals surface area (Å²) in [4.78, 5) is 55.9. The van der Waals surface area contributed by atoms with Crippen LogP contribution in [-0.4, -0.2) is 105 Å². The molecule has 3 aromatic carbocycles. The van der Waals surface area contributed by atoms with Crippen LogP contribution < -0.4 is 30.7 Å². The third-order valence-electron chi connectivity index (χ3n) is 13.1. The number of likely N-dealkylation sites (tertiary alicyclic amines) is 1. The number of hydrogen-bond donors (Lipinski definition) is 4. The summed E-state index contributed by atoms with van der Waals surface area (Å²) in [6.45, 7) is 17.4. The van der Waals surface area contributed by atoms with Gasteiger partial charge in [-0.15, -0.1) is 0 Å². The third-order valence-corrected chi connectivity index (χ3v) is 13.5. The number of carbonyl (C=O) groups is 4. The van der Waals surface area contributed by atoms with Gasteiger partial charge in [0, 0.05) is 41.5 Å². The summed E-state index contributed by atoms with van der Waals surface area (Å²) in [5.74, 6) is 0.203. The molecule has 5 atom stereocenters. The minimum atomic E-state index is -0.800. The fourth-order valence-corrected chi connectivity index (χ4v) is 9.95. The summed E-state index contributed by atoms with van der Waals surface area (Å²) >= 11 is 6.24. The largest absolute Gasteiger partial charge is 0.491 e. The summed E-state index contributed by atoms with van der Waals surface area (Å²) in [7, 11) is 1.69. The van der Waals surface area contributed by atoms with E-state index in [1.54, 1.807) is 61.3 Å². The highest BCUT2D eigenvalue weighted by Crippen LogP contribution is 2.55. The lowest BCUT2D eigenvalue weighted by molar-refractivity contribution is -0.164. The molecule has 0 radical (unpaired) electrons. The molecule has 65 heavy (non-hydrogen) atoms. The van der Waals surface area contributed by atoms with E-state index >= 15 is 0 Å². The van der Waals surface area contributed by atoms with Crippen molar-refractivity contribution >= 4 is 35.2 Å². The van der Waals surface area contributed by atoms with E-state index in [2.05, 4.69) is 55.0 Å². The van der Waals surface area contributed by atoms with E-state index in [9.17, 15) is 24.4 Å². The maximum atomic E-state index is 14.0. The summed E-state index contributed by atoms with van der Waals surface area (Å²) in [5, 5.41) is 21.8. The second kappa shape index (κ2) is 20.5. The van der Waals surface area contributed by atoms with Crippen molar-refractivity contribution in [3.8, 4) is 17.6 Å². The van der Waals surface area contributed by atoms with E-state index in [0.29, 0.717) is 79.9 Å². The number of likely N-dealkylation sites (N-methyl/N-ethyl adjacent to an activating group) is 1. The molecule has 2 aliphatic carbocycles. The zero-order valence-electron chi connectivity index (χ0n) is 39.1. The normalized spacial score (nSPS) is 22.7. The van der Waals surface area contributed by atoms with Gasteiger partial charge in [-0.25, -0.2) is 0 Å². The number of carbonyl (C=O) groups excluding carboxylic acids is 4. The number of ether oxygens (including phenoxy) is 4. The molecule has 0 spiro atoms. The van der Waals surface area contributed by atoms with Crippen LogP contribution in [0.3, 0.4) is 0 Å². The first-order chi connectivity index (χ1) is 30.8. The number of hydrogen-bond acceptors (Lipinski definition) is 10. The van der Waals surface area contributed by atoms with Crippen LogP contribution >= 0.6 is 11.6 Å². The molecule has 3 aliphatic rings. The van der Waals surface area contributed by atoms with Crippen LogP contribution in [0, 0.1) is 27.6 Å². The van der Waals surface area contributed by atoms with Gasteiger partial charge in [-0.1, -0.05) is 84.3 Å². The van der Waals surface area contributed by atoms with Crippen LogP contribution in [0.25, 0.3) is 0 Å². The molecule has 6 rings (SSSR count). The molecule has 1 saturated heterocycles. The Balaban J connectivity index is 0.944. The fraction of sp³-hybridized carbons (Fsp3) is 0.540. The summed E-state index contributed by atoms with van der Waals surface area (Å²) in [6, 6.07) is 19.5. The average Bonchev–Trinajstić information content (AvgIpc) is 3.90. The maximum Gasteiger partial charge on any atom is 0.251 e. The molecule has 1 saturated carbocycles. The van der Waals surface area contributed by atoms with Gasteiger partial charge in [0.25, 0.3) is 5.91 Å². The highest BCUT2D eigenvalue weighted by atomic mass is 35.5. The first-order valence-electron chi connectivity index (χ1n) is 22.5. The number of rotatable bonds is 18. The number of halogens is 1. The topological polar surface area (TPSA) is 180 Å². The molecule has 15 heteroatoms. The molecular formula is C50H65ClN6O8. The number of benzene rings is 3. The van der Waals surface area contributed by atoms with Gasteiger partial charge in [-0.2, -0.15) is 5.26 Å². The smallest absolute Gasteiger partial charge is 0.251 e. The van der Waals surface area contributed by atoms with Gasteiger partial charge in [0.1, 0.15) is 42.4 Å². The molecular weight excluding hydrogens is 848 g/mol. The van der Waals surface area contributed by atoms with Crippen molar-refractivity contribution in [1.29, 1.82) is 5.26 Å². The van der Waals surface area contributed by atoms with Gasteiger partial charge in [-0.3, -0.25) is 19.2 Å². The number of nitrogens with one attached hydrogen (secondary N) is 4. The van der Waals surface area contributed by atoms with Crippen molar-refractivity contribution in [2.75, 3.05) is 40.0 Å². The predicted molar refractivity (Wildman–Crippen MR) is 248 cm³/mol. The maximum absolute atomic E-state index is 14.0. The Kier molecular flexibility index (Phi) is 15.6. The number of nitrogens with zero attached hydrogens (tertiary/aromatic N) is 2. The molecule has 0 bridgehead atoms. The Morgan fingerprint density at radius 3 is 2.26 bits per heavy atom. The zero-order valence-corrected chi connectivity index (χ0v) is 39.8. The molecule has 1 heterocycles. The lowest BCUT2D eigenvalue weighted by Gasteiger charge is -2.63. The monoisotopic (exact) mass is 912 g/mol. The van der Waals surface area contributed by atoms with E-state index in [1.807, 2.05) is 45.0 Å². The summed E-state index contributed by atoms with van der Waals surface area (Å²) in [6.07, 6.45) is 1.29. The molecule has 2 fully saturated rings. The first-order valence-corrected chi connectivity index (χ1v) is 22.9. The first kappa shape index (κ1) is 49.2. The zero-order chi connectivity index (χ0) is 47.3. The van der Waals surface area contributed by atoms with Crippen LogP contribution in [-0.2, 0) is 30.3 Å². The molecule has 350 valence electrons. The molecule has 4 amide bonds. The Morgan fingerprint density at radius 2 is 1.60 bits per heavy atom. The number of fused-ring (bicyclic) bond motifs is 1. The lowest BCUT2D eigenvalue weighted by Crippen LogP contribution is -2.74. The van der Waals surface area contributed by atoms with Gasteiger partial charge in [0.15, 0.2) is 0 Å². The van der Waals surface area contributed by atoms with E-state index in [-0.39, 0.29) is 41.9 Å². The minimum Gasteiger partial charge on any atom is -0.491 e. The summed E-state index contributed by atoms with van der Waals surface area (Å²) < 4.78 is 24.4. The van der Waals surface area contributed by atoms with Gasteiger partial charge < -0.3 is 45.1 Å². The van der Waals surface area contributed by atoms with Gasteiger partial charge in [-0.05, 0) is 79.8 Å². The highest BCUT2D eigenvalue weighted by molar-refractivity contribution is 6.31. The van der Waals surface area contributed by atoms with E-state index < -0.39 is 40.4 Å². The van der Waals surface area contributed by atoms with E-state index in [4.69, 9.17) is 30.5 Å². The molecule has 2 unspecified atom stereocenters. The Morgan fingerprint density at radius 1 is 0.923 bits per heavy atom. The van der Waals surface area contributed by atoms with Crippen molar-refractivity contribution in [3.63, 3.8) is 0 Å². The highest BCUT2D eigenvalue weighted by Gasteiger charge is 2.64. The van der Waals surface area contributed by atoms with Gasteiger partial charge in [0.05, 0.1) is 48.6 Å². The fourth-order valence-electron chi connectivity index (χ4n) is 9.74.